The van der Waals surface area contributed by atoms with Crippen LogP contribution in [0.4, 0.5) is 34.9 Å². The fraction of sp³-hybridized carbons (Fsp3) is 0.267. The summed E-state index contributed by atoms with van der Waals surface area (Å²) in [7, 11) is 0. The molecule has 1 unspecified atom stereocenters. The number of para-hydroxylation sites is 2. The molecule has 0 aliphatic heterocycles. The molecule has 4 rings (SSSR count). The van der Waals surface area contributed by atoms with Gasteiger partial charge in [-0.25, -0.2) is 0 Å². The van der Waals surface area contributed by atoms with Gasteiger partial charge in [0.2, 0.25) is 17.8 Å². The van der Waals surface area contributed by atoms with Crippen LogP contribution in [0, 0.1) is 5.92 Å². The van der Waals surface area contributed by atoms with E-state index in [1.807, 2.05) is 84.9 Å². The Hall–Kier alpha value is -4.66. The van der Waals surface area contributed by atoms with Gasteiger partial charge in [-0.1, -0.05) is 56.2 Å². The summed E-state index contributed by atoms with van der Waals surface area (Å²) in [6, 6.07) is 27.1. The summed E-state index contributed by atoms with van der Waals surface area (Å²) in [5, 5.41) is 18.5. The minimum absolute atomic E-state index is 0.223. The summed E-state index contributed by atoms with van der Waals surface area (Å²) >= 11 is 0. The van der Waals surface area contributed by atoms with Gasteiger partial charge in [-0.15, -0.1) is 0 Å². The molecule has 0 aliphatic rings. The minimum atomic E-state index is -0.738. The van der Waals surface area contributed by atoms with E-state index >= 15 is 0 Å². The lowest BCUT2D eigenvalue weighted by Gasteiger charge is -2.16. The molecule has 202 valence electrons. The number of unbranched alkanes of at least 4 members (excludes halogenated alkanes) is 1. The number of benzene rings is 3. The smallest absolute Gasteiger partial charge is 0.303 e. The second kappa shape index (κ2) is 14.3. The summed E-state index contributed by atoms with van der Waals surface area (Å²) in [5.74, 6) is 1.64. The Morgan fingerprint density at radius 2 is 1.23 bits per heavy atom. The van der Waals surface area contributed by atoms with E-state index < -0.39 is 5.97 Å². The molecule has 0 spiro atoms. The van der Waals surface area contributed by atoms with E-state index in [-0.39, 0.29) is 6.42 Å². The van der Waals surface area contributed by atoms with Crippen LogP contribution in [-0.2, 0) is 4.79 Å². The lowest BCUT2D eigenvalue weighted by molar-refractivity contribution is -0.137. The van der Waals surface area contributed by atoms with Crippen LogP contribution in [0.2, 0.25) is 0 Å². The molecule has 9 heteroatoms. The highest BCUT2D eigenvalue weighted by molar-refractivity contribution is 5.66. The zero-order valence-electron chi connectivity index (χ0n) is 22.0. The number of rotatable bonds is 15. The highest BCUT2D eigenvalue weighted by atomic mass is 16.5. The van der Waals surface area contributed by atoms with Crippen molar-refractivity contribution in [2.45, 2.75) is 39.0 Å². The number of anilines is 6. The van der Waals surface area contributed by atoms with Crippen molar-refractivity contribution in [3.8, 4) is 5.75 Å². The van der Waals surface area contributed by atoms with Gasteiger partial charge in [0, 0.05) is 23.5 Å². The Morgan fingerprint density at radius 3 is 1.69 bits per heavy atom. The van der Waals surface area contributed by atoms with Crippen LogP contribution in [0.5, 0.6) is 5.75 Å². The van der Waals surface area contributed by atoms with Gasteiger partial charge in [-0.05, 0) is 67.3 Å². The molecule has 0 saturated heterocycles. The van der Waals surface area contributed by atoms with Gasteiger partial charge in [-0.3, -0.25) is 4.79 Å². The van der Waals surface area contributed by atoms with Gasteiger partial charge < -0.3 is 25.8 Å². The molecule has 1 heterocycles. The van der Waals surface area contributed by atoms with Gasteiger partial charge in [0.05, 0.1) is 6.61 Å². The van der Waals surface area contributed by atoms with Crippen LogP contribution in [0.15, 0.2) is 84.9 Å². The fourth-order valence-corrected chi connectivity index (χ4v) is 3.94. The van der Waals surface area contributed by atoms with E-state index in [2.05, 4.69) is 37.8 Å². The maximum absolute atomic E-state index is 10.7. The first-order valence-electron chi connectivity index (χ1n) is 13.2. The fourth-order valence-electron chi connectivity index (χ4n) is 3.94. The van der Waals surface area contributed by atoms with E-state index in [1.165, 1.54) is 0 Å². The first kappa shape index (κ1) is 27.4. The van der Waals surface area contributed by atoms with Crippen molar-refractivity contribution in [3.63, 3.8) is 0 Å². The van der Waals surface area contributed by atoms with Crippen molar-refractivity contribution in [1.82, 2.24) is 15.0 Å². The summed E-state index contributed by atoms with van der Waals surface area (Å²) in [6.45, 7) is 2.74. The number of ether oxygens (including phenoxy) is 1. The van der Waals surface area contributed by atoms with Gasteiger partial charge in [0.25, 0.3) is 0 Å². The van der Waals surface area contributed by atoms with E-state index in [4.69, 9.17) is 9.84 Å². The van der Waals surface area contributed by atoms with E-state index in [0.29, 0.717) is 36.8 Å². The first-order valence-corrected chi connectivity index (χ1v) is 13.2. The van der Waals surface area contributed by atoms with Crippen molar-refractivity contribution in [2.24, 2.45) is 5.92 Å². The lowest BCUT2D eigenvalue weighted by Crippen LogP contribution is -2.11. The van der Waals surface area contributed by atoms with E-state index in [0.717, 1.165) is 42.1 Å². The third-order valence-corrected chi connectivity index (χ3v) is 6.12. The molecule has 4 N–H and O–H groups in total. The van der Waals surface area contributed by atoms with E-state index in [1.54, 1.807) is 0 Å². The maximum Gasteiger partial charge on any atom is 0.303 e. The number of aromatic nitrogens is 3. The number of hydrogen-bond acceptors (Lipinski definition) is 8. The number of nitrogens with one attached hydrogen (secondary N) is 3. The average Bonchev–Trinajstić information content (AvgIpc) is 2.94. The third-order valence-electron chi connectivity index (χ3n) is 6.12. The summed E-state index contributed by atoms with van der Waals surface area (Å²) in [4.78, 5) is 24.3. The molecule has 0 bridgehead atoms. The monoisotopic (exact) mass is 526 g/mol. The van der Waals surface area contributed by atoms with Gasteiger partial charge in [-0.2, -0.15) is 15.0 Å². The zero-order chi connectivity index (χ0) is 27.3. The number of carboxylic acids is 1. The standard InChI is InChI=1S/C30H34N6O3/c1-2-22(11-9-10-16-27(37)38)21-39-26-19-17-25(18-20-26)33-30-35-28(31-23-12-5-3-6-13-23)34-29(36-30)32-24-14-7-4-8-15-24/h3-8,12-15,17-20,22H,2,9-11,16,21H2,1H3,(H,37,38)(H3,31,32,33,34,35,36). The highest BCUT2D eigenvalue weighted by Crippen LogP contribution is 2.23. The van der Waals surface area contributed by atoms with Crippen molar-refractivity contribution in [1.29, 1.82) is 0 Å². The SMILES string of the molecule is CCC(CCCCC(=O)O)COc1ccc(Nc2nc(Nc3ccccc3)nc(Nc3ccccc3)n2)cc1. The second-order valence-corrected chi connectivity index (χ2v) is 9.16. The Morgan fingerprint density at radius 1 is 0.744 bits per heavy atom. The number of carbonyl (C=O) groups is 1. The van der Waals surface area contributed by atoms with Crippen LogP contribution in [-0.4, -0.2) is 32.6 Å². The zero-order valence-corrected chi connectivity index (χ0v) is 22.0. The molecule has 3 aromatic carbocycles. The van der Waals surface area contributed by atoms with Crippen molar-refractivity contribution in [3.05, 3.63) is 84.9 Å². The predicted molar refractivity (Wildman–Crippen MR) is 154 cm³/mol. The number of aliphatic carboxylic acids is 1. The van der Waals surface area contributed by atoms with Crippen LogP contribution in [0.1, 0.15) is 39.0 Å². The molecular formula is C30H34N6O3. The van der Waals surface area contributed by atoms with Crippen LogP contribution in [0.25, 0.3) is 0 Å². The van der Waals surface area contributed by atoms with Crippen molar-refractivity contribution < 1.29 is 14.6 Å². The van der Waals surface area contributed by atoms with Crippen LogP contribution < -0.4 is 20.7 Å². The van der Waals surface area contributed by atoms with Crippen molar-refractivity contribution >= 4 is 40.9 Å². The highest BCUT2D eigenvalue weighted by Gasteiger charge is 2.10. The average molecular weight is 527 g/mol. The quantitative estimate of drug-likeness (QED) is 0.120. The molecule has 9 nitrogen and oxygen atoms in total. The Kier molecular flexibility index (Phi) is 10.1. The summed E-state index contributed by atoms with van der Waals surface area (Å²) < 4.78 is 6.01. The second-order valence-electron chi connectivity index (χ2n) is 9.16. The molecule has 39 heavy (non-hydrogen) atoms. The molecule has 0 saturated carbocycles. The normalized spacial score (nSPS) is 11.4. The molecule has 1 aromatic heterocycles. The van der Waals surface area contributed by atoms with Crippen molar-refractivity contribution in [2.75, 3.05) is 22.6 Å². The van der Waals surface area contributed by atoms with Crippen LogP contribution >= 0.6 is 0 Å². The summed E-state index contributed by atoms with van der Waals surface area (Å²) in [6.07, 6.45) is 3.77. The third kappa shape index (κ3) is 9.30. The molecule has 0 amide bonds. The first-order chi connectivity index (χ1) is 19.1. The molecule has 1 atom stereocenters. The van der Waals surface area contributed by atoms with Gasteiger partial charge in [0.1, 0.15) is 5.75 Å². The lowest BCUT2D eigenvalue weighted by atomic mass is 9.99. The summed E-state index contributed by atoms with van der Waals surface area (Å²) in [5.41, 5.74) is 2.55. The minimum Gasteiger partial charge on any atom is -0.493 e. The Bertz CT molecular complexity index is 1240. The molecule has 0 fully saturated rings. The Balaban J connectivity index is 1.40. The molecule has 0 radical (unpaired) electrons. The molecular weight excluding hydrogens is 492 g/mol. The topological polar surface area (TPSA) is 121 Å². The number of hydrogen-bond donors (Lipinski definition) is 4. The van der Waals surface area contributed by atoms with Gasteiger partial charge >= 0.3 is 5.97 Å². The predicted octanol–water partition coefficient (Wildman–Crippen LogP) is 7.15. The molecule has 0 aliphatic carbocycles. The van der Waals surface area contributed by atoms with Gasteiger partial charge in [0.15, 0.2) is 0 Å². The van der Waals surface area contributed by atoms with Crippen LogP contribution in [0.3, 0.4) is 0 Å². The number of carboxylic acid groups (broad SMARTS) is 1. The van der Waals surface area contributed by atoms with E-state index in [9.17, 15) is 4.79 Å². The molecule has 4 aromatic rings. The largest absolute Gasteiger partial charge is 0.493 e. The number of nitrogens with zero attached hydrogens (tertiary/aromatic N) is 3. The maximum atomic E-state index is 10.7. The Labute approximate surface area is 228 Å².